The number of hydrogen-bond acceptors (Lipinski definition) is 5. The highest BCUT2D eigenvalue weighted by Crippen LogP contribution is 2.46. The molecule has 0 saturated carbocycles. The van der Waals surface area contributed by atoms with E-state index in [0.717, 1.165) is 45.1 Å². The lowest BCUT2D eigenvalue weighted by atomic mass is 9.73. The van der Waals surface area contributed by atoms with Gasteiger partial charge in [-0.1, -0.05) is 0 Å². The van der Waals surface area contributed by atoms with Gasteiger partial charge in [-0.2, -0.15) is 0 Å². The third-order valence-corrected chi connectivity index (χ3v) is 5.90. The molecule has 4 saturated heterocycles. The van der Waals surface area contributed by atoms with Crippen LogP contribution in [0.3, 0.4) is 0 Å². The van der Waals surface area contributed by atoms with Gasteiger partial charge in [0.2, 0.25) is 5.88 Å². The first-order valence-electron chi connectivity index (χ1n) is 8.55. The van der Waals surface area contributed by atoms with Crippen molar-refractivity contribution in [3.05, 3.63) is 17.8 Å². The Hall–Kier alpha value is -1.33. The smallest absolute Gasteiger partial charge is 0.217 e. The first-order valence-corrected chi connectivity index (χ1v) is 8.55. The lowest BCUT2D eigenvalue weighted by Gasteiger charge is -2.50. The third kappa shape index (κ3) is 1.95. The highest BCUT2D eigenvalue weighted by Gasteiger charge is 2.52. The maximum Gasteiger partial charge on any atom is 0.217 e. The Kier molecular flexibility index (Phi) is 2.89. The fraction of sp³-hybridized carbons (Fsp3) is 0.706. The number of piperidine rings is 3. The molecule has 6 rings (SSSR count). The summed E-state index contributed by atoms with van der Waals surface area (Å²) in [5.41, 5.74) is 2.54. The third-order valence-electron chi connectivity index (χ3n) is 5.90. The predicted molar refractivity (Wildman–Crippen MR) is 83.5 cm³/mol. The lowest BCUT2D eigenvalue weighted by Crippen LogP contribution is -2.61. The van der Waals surface area contributed by atoms with Gasteiger partial charge in [-0.15, -0.1) is 0 Å². The minimum Gasteiger partial charge on any atom is -0.469 e. The average molecular weight is 301 g/mol. The van der Waals surface area contributed by atoms with Gasteiger partial charge in [0.05, 0.1) is 25.1 Å². The van der Waals surface area contributed by atoms with Gasteiger partial charge >= 0.3 is 0 Å². The first-order chi connectivity index (χ1) is 10.8. The summed E-state index contributed by atoms with van der Waals surface area (Å²) in [7, 11) is 0. The van der Waals surface area contributed by atoms with Crippen molar-refractivity contribution in [2.45, 2.75) is 24.9 Å². The zero-order valence-electron chi connectivity index (χ0n) is 13.0. The summed E-state index contributed by atoms with van der Waals surface area (Å²) in [6, 6.07) is 2.31. The maximum atomic E-state index is 6.42. The van der Waals surface area contributed by atoms with E-state index in [1.807, 2.05) is 6.20 Å². The van der Waals surface area contributed by atoms with Crippen molar-refractivity contribution < 1.29 is 9.47 Å². The fourth-order valence-corrected chi connectivity index (χ4v) is 4.69. The van der Waals surface area contributed by atoms with Crippen LogP contribution in [-0.2, 0) is 11.2 Å². The molecule has 2 bridgehead atoms. The molecule has 0 radical (unpaired) electrons. The Balaban J connectivity index is 1.42. The summed E-state index contributed by atoms with van der Waals surface area (Å²) in [4.78, 5) is 9.58. The molecule has 1 spiro atoms. The van der Waals surface area contributed by atoms with Crippen molar-refractivity contribution >= 4 is 5.69 Å². The summed E-state index contributed by atoms with van der Waals surface area (Å²) in [6.45, 7) is 7.13. The van der Waals surface area contributed by atoms with E-state index < -0.39 is 0 Å². The quantitative estimate of drug-likeness (QED) is 0.782. The number of nitrogens with zero attached hydrogens (tertiary/aromatic N) is 3. The lowest BCUT2D eigenvalue weighted by molar-refractivity contribution is -0.0814. The van der Waals surface area contributed by atoms with Crippen molar-refractivity contribution in [1.82, 2.24) is 9.88 Å². The molecule has 1 aromatic rings. The van der Waals surface area contributed by atoms with Crippen LogP contribution >= 0.6 is 0 Å². The molecule has 0 N–H and O–H groups in total. The molecule has 118 valence electrons. The molecule has 1 aromatic heterocycles. The van der Waals surface area contributed by atoms with Crippen LogP contribution in [0, 0.1) is 5.92 Å². The zero-order chi connectivity index (χ0) is 14.6. The van der Waals surface area contributed by atoms with Gasteiger partial charge in [-0.25, -0.2) is 4.98 Å². The Morgan fingerprint density at radius 2 is 1.95 bits per heavy atom. The molecule has 0 aliphatic carbocycles. The Morgan fingerprint density at radius 1 is 1.14 bits per heavy atom. The summed E-state index contributed by atoms with van der Waals surface area (Å²) in [5.74, 6) is 1.59. The fourth-order valence-electron chi connectivity index (χ4n) is 4.69. The minimum absolute atomic E-state index is 0.00939. The normalized spacial score (nSPS) is 36.5. The second-order valence-corrected chi connectivity index (χ2v) is 7.15. The van der Waals surface area contributed by atoms with Crippen LogP contribution in [0.1, 0.15) is 18.4 Å². The molecule has 5 heteroatoms. The number of morpholine rings is 1. The monoisotopic (exact) mass is 301 g/mol. The Labute approximate surface area is 131 Å². The van der Waals surface area contributed by atoms with Crippen LogP contribution in [0.25, 0.3) is 0 Å². The number of pyridine rings is 1. The molecule has 4 fully saturated rings. The molecule has 22 heavy (non-hydrogen) atoms. The van der Waals surface area contributed by atoms with Crippen molar-refractivity contribution in [3.63, 3.8) is 0 Å². The van der Waals surface area contributed by atoms with Gasteiger partial charge < -0.3 is 14.4 Å². The molecule has 5 aliphatic heterocycles. The second kappa shape index (κ2) is 4.83. The van der Waals surface area contributed by atoms with E-state index in [1.165, 1.54) is 37.2 Å². The number of rotatable bonds is 1. The highest BCUT2D eigenvalue weighted by atomic mass is 16.5. The van der Waals surface area contributed by atoms with E-state index in [9.17, 15) is 0 Å². The Bertz CT molecular complexity index is 579. The average Bonchev–Trinajstić information content (AvgIpc) is 2.93. The highest BCUT2D eigenvalue weighted by molar-refractivity contribution is 5.51. The molecular weight excluding hydrogens is 278 g/mol. The van der Waals surface area contributed by atoms with Crippen molar-refractivity contribution in [2.75, 3.05) is 50.8 Å². The largest absolute Gasteiger partial charge is 0.469 e. The molecule has 1 atom stereocenters. The summed E-state index contributed by atoms with van der Waals surface area (Å²) >= 11 is 0. The first kappa shape index (κ1) is 13.1. The summed E-state index contributed by atoms with van der Waals surface area (Å²) in [5, 5.41) is 0. The van der Waals surface area contributed by atoms with Gasteiger partial charge in [0.1, 0.15) is 5.60 Å². The van der Waals surface area contributed by atoms with E-state index in [0.29, 0.717) is 5.92 Å². The van der Waals surface area contributed by atoms with Crippen molar-refractivity contribution in [1.29, 1.82) is 0 Å². The van der Waals surface area contributed by atoms with Crippen molar-refractivity contribution in [2.24, 2.45) is 5.92 Å². The number of hydrogen-bond donors (Lipinski definition) is 0. The van der Waals surface area contributed by atoms with E-state index in [-0.39, 0.29) is 5.60 Å². The van der Waals surface area contributed by atoms with E-state index >= 15 is 0 Å². The second-order valence-electron chi connectivity index (χ2n) is 7.15. The van der Waals surface area contributed by atoms with Crippen LogP contribution in [0.2, 0.25) is 0 Å². The molecule has 0 amide bonds. The van der Waals surface area contributed by atoms with Crippen LogP contribution < -0.4 is 9.64 Å². The van der Waals surface area contributed by atoms with Gasteiger partial charge in [0, 0.05) is 37.5 Å². The number of fused-ring (bicyclic) bond motifs is 3. The molecule has 5 nitrogen and oxygen atoms in total. The van der Waals surface area contributed by atoms with Crippen molar-refractivity contribution in [3.8, 4) is 5.88 Å². The van der Waals surface area contributed by atoms with E-state index in [4.69, 9.17) is 9.47 Å². The molecule has 5 aliphatic rings. The van der Waals surface area contributed by atoms with Crippen LogP contribution in [-0.4, -0.2) is 61.4 Å². The van der Waals surface area contributed by atoms with Gasteiger partial charge in [-0.3, -0.25) is 4.90 Å². The SMILES string of the molecule is c1nc2c(cc1N1CCOCC1)CC1(CN3CCC1CC3)O2. The summed E-state index contributed by atoms with van der Waals surface area (Å²) in [6.07, 6.45) is 5.58. The topological polar surface area (TPSA) is 37.8 Å². The van der Waals surface area contributed by atoms with Crippen LogP contribution in [0.15, 0.2) is 12.3 Å². The summed E-state index contributed by atoms with van der Waals surface area (Å²) < 4.78 is 11.9. The number of anilines is 1. The van der Waals surface area contributed by atoms with Gasteiger partial charge in [-0.05, 0) is 32.0 Å². The van der Waals surface area contributed by atoms with E-state index in [1.54, 1.807) is 0 Å². The molecule has 0 aromatic carbocycles. The zero-order valence-corrected chi connectivity index (χ0v) is 13.0. The Morgan fingerprint density at radius 3 is 2.68 bits per heavy atom. The molecule has 6 heterocycles. The number of ether oxygens (including phenoxy) is 2. The van der Waals surface area contributed by atoms with Gasteiger partial charge in [0.15, 0.2) is 0 Å². The number of aromatic nitrogens is 1. The van der Waals surface area contributed by atoms with Crippen LogP contribution in [0.4, 0.5) is 5.69 Å². The molecule has 1 unspecified atom stereocenters. The molecular formula is C17H23N3O2. The maximum absolute atomic E-state index is 6.42. The predicted octanol–water partition coefficient (Wildman–Crippen LogP) is 1.32. The minimum atomic E-state index is 0.00939. The standard InChI is InChI=1S/C17H23N3O2/c1-3-19-4-2-14(1)17(12-19)10-13-9-15(11-18-16(13)22-17)20-5-7-21-8-6-20/h9,11,14H,1-8,10,12H2. The van der Waals surface area contributed by atoms with Gasteiger partial charge in [0.25, 0.3) is 0 Å². The van der Waals surface area contributed by atoms with Crippen LogP contribution in [0.5, 0.6) is 5.88 Å². The van der Waals surface area contributed by atoms with E-state index in [2.05, 4.69) is 20.9 Å².